The molecule has 18 heavy (non-hydrogen) atoms. The Labute approximate surface area is 109 Å². The summed E-state index contributed by atoms with van der Waals surface area (Å²) < 4.78 is 5.96. The van der Waals surface area contributed by atoms with Gasteiger partial charge in [0.15, 0.2) is 0 Å². The van der Waals surface area contributed by atoms with E-state index < -0.39 is 0 Å². The van der Waals surface area contributed by atoms with E-state index >= 15 is 0 Å². The number of benzene rings is 2. The van der Waals surface area contributed by atoms with E-state index in [-0.39, 0.29) is 0 Å². The van der Waals surface area contributed by atoms with Crippen LogP contribution < -0.4 is 5.32 Å². The summed E-state index contributed by atoms with van der Waals surface area (Å²) in [6, 6.07) is 9.91. The fourth-order valence-electron chi connectivity index (χ4n) is 2.53. The van der Waals surface area contributed by atoms with E-state index in [1.54, 1.807) is 0 Å². The minimum atomic E-state index is 0.735. The molecule has 0 atom stereocenters. The van der Waals surface area contributed by atoms with E-state index in [9.17, 15) is 0 Å². The second kappa shape index (κ2) is 3.53. The highest BCUT2D eigenvalue weighted by atomic mass is 35.5. The number of hydrogen-bond donors (Lipinski definition) is 1. The topological polar surface area (TPSA) is 25.2 Å². The van der Waals surface area contributed by atoms with Gasteiger partial charge in [-0.1, -0.05) is 29.8 Å². The zero-order valence-corrected chi connectivity index (χ0v) is 10.3. The normalized spacial score (nSPS) is 13.8. The SMILES string of the molecule is Clc1cccc2oc3c4c(ccc3c12)NCC=C4. The van der Waals surface area contributed by atoms with E-state index in [1.807, 2.05) is 18.2 Å². The van der Waals surface area contributed by atoms with E-state index in [1.165, 1.54) is 0 Å². The third kappa shape index (κ3) is 1.24. The standard InChI is InChI=1S/C15H10ClNO/c16-11-4-1-5-13-14(11)10-6-7-12-9(15(10)18-13)3-2-8-17-12/h1-7,17H,8H2. The molecule has 0 aliphatic carbocycles. The Morgan fingerprint density at radius 3 is 3.06 bits per heavy atom. The lowest BCUT2D eigenvalue weighted by atomic mass is 10.0. The monoisotopic (exact) mass is 255 g/mol. The average Bonchev–Trinajstić information content (AvgIpc) is 2.79. The summed E-state index contributed by atoms with van der Waals surface area (Å²) in [5.41, 5.74) is 3.95. The molecule has 88 valence electrons. The summed E-state index contributed by atoms with van der Waals surface area (Å²) in [6.45, 7) is 0.861. The van der Waals surface area contributed by atoms with Crippen LogP contribution in [0.2, 0.25) is 5.02 Å². The van der Waals surface area contributed by atoms with E-state index in [0.29, 0.717) is 0 Å². The molecule has 1 N–H and O–H groups in total. The van der Waals surface area contributed by atoms with Crippen molar-refractivity contribution in [2.75, 3.05) is 11.9 Å². The molecule has 1 aliphatic rings. The number of hydrogen-bond acceptors (Lipinski definition) is 2. The first kappa shape index (κ1) is 10.0. The molecule has 0 radical (unpaired) electrons. The van der Waals surface area contributed by atoms with Crippen LogP contribution in [0, 0.1) is 0 Å². The largest absolute Gasteiger partial charge is 0.455 e. The van der Waals surface area contributed by atoms with Gasteiger partial charge in [0.2, 0.25) is 0 Å². The van der Waals surface area contributed by atoms with Gasteiger partial charge in [0.05, 0.1) is 5.02 Å². The van der Waals surface area contributed by atoms with Crippen LogP contribution in [-0.2, 0) is 0 Å². The molecule has 0 spiro atoms. The number of anilines is 1. The highest BCUT2D eigenvalue weighted by Gasteiger charge is 2.15. The quantitative estimate of drug-likeness (QED) is 0.631. The maximum Gasteiger partial charge on any atom is 0.144 e. The van der Waals surface area contributed by atoms with Crippen molar-refractivity contribution in [2.45, 2.75) is 0 Å². The van der Waals surface area contributed by atoms with Gasteiger partial charge in [0, 0.05) is 28.6 Å². The van der Waals surface area contributed by atoms with Crippen molar-refractivity contribution in [1.29, 1.82) is 0 Å². The zero-order chi connectivity index (χ0) is 12.1. The number of nitrogens with one attached hydrogen (secondary N) is 1. The van der Waals surface area contributed by atoms with Crippen LogP contribution in [0.1, 0.15) is 5.56 Å². The summed E-state index contributed by atoms with van der Waals surface area (Å²) in [5.74, 6) is 0. The molecule has 2 nitrogen and oxygen atoms in total. The van der Waals surface area contributed by atoms with Crippen LogP contribution in [0.15, 0.2) is 40.8 Å². The lowest BCUT2D eigenvalue weighted by Crippen LogP contribution is -2.03. The summed E-state index contributed by atoms with van der Waals surface area (Å²) in [5, 5.41) is 6.14. The Bertz CT molecular complexity index is 801. The molecule has 3 heteroatoms. The Morgan fingerprint density at radius 1 is 1.17 bits per heavy atom. The minimum Gasteiger partial charge on any atom is -0.455 e. The Morgan fingerprint density at radius 2 is 2.11 bits per heavy atom. The molecule has 0 fully saturated rings. The van der Waals surface area contributed by atoms with Gasteiger partial charge >= 0.3 is 0 Å². The molecular weight excluding hydrogens is 246 g/mol. The first-order valence-electron chi connectivity index (χ1n) is 5.89. The van der Waals surface area contributed by atoms with Crippen LogP contribution >= 0.6 is 11.6 Å². The summed E-state index contributed by atoms with van der Waals surface area (Å²) in [7, 11) is 0. The van der Waals surface area contributed by atoms with E-state index in [2.05, 4.69) is 29.6 Å². The Balaban J connectivity index is 2.23. The van der Waals surface area contributed by atoms with E-state index in [4.69, 9.17) is 16.0 Å². The van der Waals surface area contributed by atoms with Crippen LogP contribution in [-0.4, -0.2) is 6.54 Å². The molecule has 0 unspecified atom stereocenters. The van der Waals surface area contributed by atoms with Crippen molar-refractivity contribution in [3.8, 4) is 0 Å². The average molecular weight is 256 g/mol. The maximum atomic E-state index is 6.27. The van der Waals surface area contributed by atoms with Crippen molar-refractivity contribution in [3.63, 3.8) is 0 Å². The smallest absolute Gasteiger partial charge is 0.144 e. The lowest BCUT2D eigenvalue weighted by Gasteiger charge is -2.12. The van der Waals surface area contributed by atoms with E-state index in [0.717, 1.165) is 44.8 Å². The first-order chi connectivity index (χ1) is 8.84. The molecule has 2 aromatic carbocycles. The number of fused-ring (bicyclic) bond motifs is 5. The predicted octanol–water partition coefficient (Wildman–Crippen LogP) is 4.68. The number of furan rings is 1. The predicted molar refractivity (Wildman–Crippen MR) is 76.3 cm³/mol. The van der Waals surface area contributed by atoms with Gasteiger partial charge < -0.3 is 9.73 Å². The molecule has 0 amide bonds. The third-order valence-electron chi connectivity index (χ3n) is 3.35. The maximum absolute atomic E-state index is 6.27. The summed E-state index contributed by atoms with van der Waals surface area (Å²) in [6.07, 6.45) is 4.20. The summed E-state index contributed by atoms with van der Waals surface area (Å²) in [4.78, 5) is 0. The van der Waals surface area contributed by atoms with Crippen LogP contribution in [0.4, 0.5) is 5.69 Å². The van der Waals surface area contributed by atoms with Gasteiger partial charge in [-0.05, 0) is 24.3 Å². The molecule has 1 aromatic heterocycles. The fourth-order valence-corrected chi connectivity index (χ4v) is 2.80. The molecule has 1 aliphatic heterocycles. The highest BCUT2D eigenvalue weighted by Crippen LogP contribution is 2.38. The zero-order valence-electron chi connectivity index (χ0n) is 9.53. The fraction of sp³-hybridized carbons (Fsp3) is 0.0667. The third-order valence-corrected chi connectivity index (χ3v) is 3.66. The lowest BCUT2D eigenvalue weighted by molar-refractivity contribution is 0.668. The minimum absolute atomic E-state index is 0.735. The second-order valence-electron chi connectivity index (χ2n) is 4.40. The number of rotatable bonds is 0. The molecule has 0 bridgehead atoms. The summed E-state index contributed by atoms with van der Waals surface area (Å²) >= 11 is 6.27. The number of halogens is 1. The first-order valence-corrected chi connectivity index (χ1v) is 6.26. The van der Waals surface area contributed by atoms with Gasteiger partial charge in [-0.25, -0.2) is 0 Å². The van der Waals surface area contributed by atoms with Crippen molar-refractivity contribution in [2.24, 2.45) is 0 Å². The van der Waals surface area contributed by atoms with Gasteiger partial charge in [0.25, 0.3) is 0 Å². The Kier molecular flexibility index (Phi) is 1.97. The van der Waals surface area contributed by atoms with Crippen LogP contribution in [0.25, 0.3) is 28.0 Å². The van der Waals surface area contributed by atoms with Gasteiger partial charge in [-0.15, -0.1) is 0 Å². The van der Waals surface area contributed by atoms with Crippen molar-refractivity contribution in [1.82, 2.24) is 0 Å². The van der Waals surface area contributed by atoms with Gasteiger partial charge in [-0.2, -0.15) is 0 Å². The van der Waals surface area contributed by atoms with Gasteiger partial charge in [-0.3, -0.25) is 0 Å². The van der Waals surface area contributed by atoms with Crippen molar-refractivity contribution < 1.29 is 4.42 Å². The molecule has 0 saturated heterocycles. The molecule has 4 rings (SSSR count). The van der Waals surface area contributed by atoms with Gasteiger partial charge in [0.1, 0.15) is 11.2 Å². The van der Waals surface area contributed by atoms with Crippen LogP contribution in [0.3, 0.4) is 0 Å². The van der Waals surface area contributed by atoms with Crippen molar-refractivity contribution in [3.05, 3.63) is 47.0 Å². The second-order valence-corrected chi connectivity index (χ2v) is 4.81. The van der Waals surface area contributed by atoms with Crippen LogP contribution in [0.5, 0.6) is 0 Å². The molecule has 2 heterocycles. The molecule has 3 aromatic rings. The molecule has 0 saturated carbocycles. The van der Waals surface area contributed by atoms with Crippen molar-refractivity contribution >= 4 is 45.3 Å². The highest BCUT2D eigenvalue weighted by molar-refractivity contribution is 6.37. The Hall–Kier alpha value is -1.93. The molecular formula is C15H10ClNO.